The van der Waals surface area contributed by atoms with Crippen LogP contribution in [0.25, 0.3) is 0 Å². The third-order valence-corrected chi connectivity index (χ3v) is 2.51. The fourth-order valence-corrected chi connectivity index (χ4v) is 0.864. The van der Waals surface area contributed by atoms with Crippen molar-refractivity contribution in [3.8, 4) is 0 Å². The monoisotopic (exact) mass is 683 g/mol. The molecule has 0 aromatic rings. The average Bonchev–Trinajstić information content (AvgIpc) is 2.64. The second-order valence-electron chi connectivity index (χ2n) is 5.67. The van der Waals surface area contributed by atoms with Gasteiger partial charge in [0.1, 0.15) is 0 Å². The Kier molecular flexibility index (Phi) is 16.5. The maximum absolute atomic E-state index is 11.4. The van der Waals surface area contributed by atoms with Crippen molar-refractivity contribution in [3.63, 3.8) is 0 Å². The molecule has 0 aromatic heterocycles. The van der Waals surface area contributed by atoms with Gasteiger partial charge in [-0.05, 0) is 0 Å². The molecule has 0 fully saturated rings. The minimum atomic E-state index is -5.42. The molecule has 6 nitrogen and oxygen atoms in total. The van der Waals surface area contributed by atoms with Crippen LogP contribution in [0, 0.1) is 0 Å². The van der Waals surface area contributed by atoms with Crippen LogP contribution in [-0.2, 0) is 31.2 Å². The van der Waals surface area contributed by atoms with Crippen molar-refractivity contribution in [2.24, 2.45) is 0 Å². The van der Waals surface area contributed by atoms with E-state index in [0.29, 0.717) is 0 Å². The van der Waals surface area contributed by atoms with Crippen molar-refractivity contribution >= 4 is 17.3 Å². The Morgan fingerprint density at radius 1 is 0.350 bits per heavy atom. The molecule has 0 atom stereocenters. The molecule has 0 bridgehead atoms. The van der Waals surface area contributed by atoms with Gasteiger partial charge in [-0.1, -0.05) is 0 Å². The number of allylic oxidation sites excluding steroid dienone is 6. The molecule has 1 radical (unpaired) electrons. The van der Waals surface area contributed by atoms with Gasteiger partial charge in [0.05, 0.1) is 0 Å². The van der Waals surface area contributed by atoms with E-state index in [1.807, 2.05) is 0 Å². The fourth-order valence-electron chi connectivity index (χ4n) is 0.864. The standard InChI is InChI=1S/3C5H2F6O2.Co/c3*6-4(7,8)2(12)1-3(13)5(9,10)11;/h3*1,12H;/b3*2-1-;. The molecule has 0 saturated carbocycles. The normalized spacial score (nSPS) is 14.1. The van der Waals surface area contributed by atoms with Gasteiger partial charge in [-0.2, -0.15) is 79.0 Å². The summed E-state index contributed by atoms with van der Waals surface area (Å²) >= 11 is 0. The first-order valence-corrected chi connectivity index (χ1v) is 7.92. The number of alkyl halides is 18. The number of hydrogen-bond donors (Lipinski definition) is 3. The summed E-state index contributed by atoms with van der Waals surface area (Å²) in [5, 5.41) is 23.8. The van der Waals surface area contributed by atoms with Crippen LogP contribution in [0.15, 0.2) is 35.5 Å². The van der Waals surface area contributed by atoms with Gasteiger partial charge in [0, 0.05) is 35.0 Å². The van der Waals surface area contributed by atoms with Gasteiger partial charge in [0.2, 0.25) is 17.3 Å². The molecule has 0 rings (SSSR count). The number of carbonyl (C=O) groups excluding carboxylic acids is 3. The van der Waals surface area contributed by atoms with Gasteiger partial charge in [-0.3, -0.25) is 14.4 Å². The van der Waals surface area contributed by atoms with E-state index in [4.69, 9.17) is 15.3 Å². The Labute approximate surface area is 216 Å². The summed E-state index contributed by atoms with van der Waals surface area (Å²) < 4.78 is 204. The summed E-state index contributed by atoms with van der Waals surface area (Å²) in [6, 6.07) is 0. The number of halogens is 18. The number of carbonyl (C=O) groups is 3. The predicted molar refractivity (Wildman–Crippen MR) is 83.5 cm³/mol. The Morgan fingerprint density at radius 2 is 0.475 bits per heavy atom. The summed E-state index contributed by atoms with van der Waals surface area (Å²) in [5.74, 6) is -16.0. The van der Waals surface area contributed by atoms with Crippen molar-refractivity contribution in [1.82, 2.24) is 0 Å². The molecule has 25 heteroatoms. The maximum Gasteiger partial charge on any atom is 0.454 e. The van der Waals surface area contributed by atoms with Crippen LogP contribution >= 0.6 is 0 Å². The van der Waals surface area contributed by atoms with Gasteiger partial charge >= 0.3 is 37.1 Å². The Bertz CT molecular complexity index is 834. The van der Waals surface area contributed by atoms with Crippen molar-refractivity contribution in [2.45, 2.75) is 37.1 Å². The zero-order valence-corrected chi connectivity index (χ0v) is 18.5. The van der Waals surface area contributed by atoms with E-state index in [-0.39, 0.29) is 16.8 Å². The molecule has 40 heavy (non-hydrogen) atoms. The molecular formula is C15H6CoF18O6. The average molecular weight is 683 g/mol. The minimum absolute atomic E-state index is 0. The smallest absolute Gasteiger partial charge is 0.454 e. The predicted octanol–water partition coefficient (Wildman–Crippen LogP) is 6.36. The topological polar surface area (TPSA) is 112 Å². The molecule has 0 amide bonds. The van der Waals surface area contributed by atoms with Crippen LogP contribution in [-0.4, -0.2) is 69.7 Å². The van der Waals surface area contributed by atoms with E-state index in [0.717, 1.165) is 0 Å². The summed E-state index contributed by atoms with van der Waals surface area (Å²) in [7, 11) is 0. The number of rotatable bonds is 3. The van der Waals surface area contributed by atoms with Crippen molar-refractivity contribution in [3.05, 3.63) is 35.5 Å². The van der Waals surface area contributed by atoms with Crippen LogP contribution in [0.3, 0.4) is 0 Å². The number of hydrogen-bond acceptors (Lipinski definition) is 6. The Morgan fingerprint density at radius 3 is 0.550 bits per heavy atom. The van der Waals surface area contributed by atoms with Gasteiger partial charge in [-0.15, -0.1) is 0 Å². The van der Waals surface area contributed by atoms with E-state index >= 15 is 0 Å². The summed E-state index contributed by atoms with van der Waals surface area (Å²) in [6.07, 6.45) is -35.0. The van der Waals surface area contributed by atoms with Gasteiger partial charge in [0.25, 0.3) is 17.3 Å². The summed E-state index contributed by atoms with van der Waals surface area (Å²) in [5.41, 5.74) is 0. The molecule has 0 aliphatic heterocycles. The molecule has 0 aliphatic rings. The Balaban J connectivity index is -0.000000240. The zero-order chi connectivity index (χ0) is 32.6. The fraction of sp³-hybridized carbons (Fsp3) is 0.400. The van der Waals surface area contributed by atoms with Crippen LogP contribution in [0.2, 0.25) is 0 Å². The maximum atomic E-state index is 11.4. The third-order valence-electron chi connectivity index (χ3n) is 2.51. The molecule has 0 unspecified atom stereocenters. The molecule has 0 aliphatic carbocycles. The molecular weight excluding hydrogens is 677 g/mol. The first-order chi connectivity index (χ1) is 16.6. The van der Waals surface area contributed by atoms with E-state index in [9.17, 15) is 93.4 Å². The van der Waals surface area contributed by atoms with Crippen LogP contribution < -0.4 is 0 Å². The molecule has 0 spiro atoms. The van der Waals surface area contributed by atoms with Crippen LogP contribution in [0.1, 0.15) is 0 Å². The van der Waals surface area contributed by atoms with Gasteiger partial charge in [0.15, 0.2) is 0 Å². The Hall–Kier alpha value is -3.12. The van der Waals surface area contributed by atoms with E-state index in [1.54, 1.807) is 0 Å². The van der Waals surface area contributed by atoms with Gasteiger partial charge in [-0.25, -0.2) is 0 Å². The molecule has 0 heterocycles. The van der Waals surface area contributed by atoms with E-state index in [2.05, 4.69) is 0 Å². The molecule has 237 valence electrons. The van der Waals surface area contributed by atoms with Gasteiger partial charge < -0.3 is 15.3 Å². The first kappa shape index (κ1) is 43.9. The van der Waals surface area contributed by atoms with Crippen LogP contribution in [0.4, 0.5) is 79.0 Å². The molecule has 0 saturated heterocycles. The van der Waals surface area contributed by atoms with Crippen molar-refractivity contribution in [1.29, 1.82) is 0 Å². The molecule has 0 aromatic carbocycles. The SMILES string of the molecule is O=C(/C=C(\O)C(F)(F)F)C(F)(F)F.O=C(/C=C(\O)C(F)(F)F)C(F)(F)F.O=C(/C=C(\O)C(F)(F)F)C(F)(F)F.[Co]. The second-order valence-corrected chi connectivity index (χ2v) is 5.67. The van der Waals surface area contributed by atoms with E-state index in [1.165, 1.54) is 0 Å². The second kappa shape index (κ2) is 15.0. The zero-order valence-electron chi connectivity index (χ0n) is 17.4. The molecule has 3 N–H and O–H groups in total. The number of aliphatic hydroxyl groups excluding tert-OH is 3. The van der Waals surface area contributed by atoms with E-state index < -0.39 is 89.9 Å². The van der Waals surface area contributed by atoms with Crippen molar-refractivity contribution < 1.29 is 126 Å². The number of aliphatic hydroxyl groups is 3. The minimum Gasteiger partial charge on any atom is -0.504 e. The number of ketones is 3. The summed E-state index contributed by atoms with van der Waals surface area (Å²) in [4.78, 5) is 29.6. The van der Waals surface area contributed by atoms with Crippen LogP contribution in [0.5, 0.6) is 0 Å². The quantitative estimate of drug-likeness (QED) is 0.181. The largest absolute Gasteiger partial charge is 0.504 e. The summed E-state index contributed by atoms with van der Waals surface area (Å²) in [6.45, 7) is 0. The first-order valence-electron chi connectivity index (χ1n) is 7.92. The van der Waals surface area contributed by atoms with Crippen molar-refractivity contribution in [2.75, 3.05) is 0 Å². The third kappa shape index (κ3) is 19.9.